The first kappa shape index (κ1) is 15.2. The molecule has 2 aromatic heterocycles. The van der Waals surface area contributed by atoms with Crippen molar-refractivity contribution in [3.63, 3.8) is 0 Å². The van der Waals surface area contributed by atoms with E-state index in [0.717, 1.165) is 11.3 Å². The lowest BCUT2D eigenvalue weighted by atomic mass is 10.2. The summed E-state index contributed by atoms with van der Waals surface area (Å²) in [4.78, 5) is 27.6. The molecule has 2 aromatic rings. The molecule has 1 amide bonds. The molecular weight excluding hydrogens is 292 g/mol. The Morgan fingerprint density at radius 3 is 2.81 bits per heavy atom. The zero-order valence-corrected chi connectivity index (χ0v) is 12.8. The summed E-state index contributed by atoms with van der Waals surface area (Å²) in [6.45, 7) is 5.32. The fourth-order valence-electron chi connectivity index (χ4n) is 1.95. The van der Waals surface area contributed by atoms with Gasteiger partial charge in [-0.15, -0.1) is 11.3 Å². The van der Waals surface area contributed by atoms with E-state index in [1.54, 1.807) is 19.9 Å². The second-order valence-corrected chi connectivity index (χ2v) is 5.61. The number of carboxylic acids is 1. The number of aromatic nitrogens is 1. The van der Waals surface area contributed by atoms with Crippen LogP contribution in [0.3, 0.4) is 0 Å². The summed E-state index contributed by atoms with van der Waals surface area (Å²) in [6, 6.07) is 1.25. The number of aryl methyl sites for hydroxylation is 2. The van der Waals surface area contributed by atoms with Crippen LogP contribution < -0.4 is 5.32 Å². The van der Waals surface area contributed by atoms with Crippen molar-refractivity contribution in [3.05, 3.63) is 39.2 Å². The zero-order chi connectivity index (χ0) is 15.6. The van der Waals surface area contributed by atoms with E-state index in [1.165, 1.54) is 6.26 Å². The molecule has 0 aromatic carbocycles. The van der Waals surface area contributed by atoms with Gasteiger partial charge in [-0.3, -0.25) is 4.79 Å². The number of furan rings is 1. The van der Waals surface area contributed by atoms with E-state index < -0.39 is 5.97 Å². The van der Waals surface area contributed by atoms with E-state index in [1.807, 2.05) is 6.92 Å². The summed E-state index contributed by atoms with van der Waals surface area (Å²) in [5, 5.41) is 12.4. The van der Waals surface area contributed by atoms with E-state index in [0.29, 0.717) is 28.4 Å². The van der Waals surface area contributed by atoms with E-state index in [4.69, 9.17) is 9.52 Å². The van der Waals surface area contributed by atoms with Crippen LogP contribution >= 0.6 is 11.3 Å². The number of hydrogen-bond acceptors (Lipinski definition) is 5. The second-order valence-electron chi connectivity index (χ2n) is 4.58. The number of amides is 1. The molecule has 0 saturated heterocycles. The minimum absolute atomic E-state index is 0.198. The van der Waals surface area contributed by atoms with Gasteiger partial charge in [0.2, 0.25) is 0 Å². The fourth-order valence-corrected chi connectivity index (χ4v) is 2.86. The lowest BCUT2D eigenvalue weighted by Gasteiger charge is -2.10. The third-order valence-electron chi connectivity index (χ3n) is 3.04. The molecule has 112 valence electrons. The fraction of sp³-hybridized carbons (Fsp3) is 0.357. The maximum atomic E-state index is 12.2. The van der Waals surface area contributed by atoms with Crippen LogP contribution in [0.4, 0.5) is 0 Å². The van der Waals surface area contributed by atoms with Crippen molar-refractivity contribution >= 4 is 23.2 Å². The highest BCUT2D eigenvalue weighted by Gasteiger charge is 2.21. The summed E-state index contributed by atoms with van der Waals surface area (Å²) in [7, 11) is 0. The predicted molar refractivity (Wildman–Crippen MR) is 77.8 cm³/mol. The number of carbonyl (C=O) groups excluding carboxylic acids is 1. The summed E-state index contributed by atoms with van der Waals surface area (Å²) < 4.78 is 5.23. The minimum Gasteiger partial charge on any atom is -0.477 e. The summed E-state index contributed by atoms with van der Waals surface area (Å²) in [5.74, 6) is -0.628. The SMILES string of the molecule is CCc1occc1C(=O)NC(C)c1nc(C)c(C(=O)O)s1. The Morgan fingerprint density at radius 2 is 2.24 bits per heavy atom. The van der Waals surface area contributed by atoms with Crippen LogP contribution in [0, 0.1) is 6.92 Å². The summed E-state index contributed by atoms with van der Waals surface area (Å²) >= 11 is 1.08. The van der Waals surface area contributed by atoms with Gasteiger partial charge >= 0.3 is 5.97 Å². The molecule has 0 aliphatic heterocycles. The van der Waals surface area contributed by atoms with Crippen LogP contribution in [0.15, 0.2) is 16.7 Å². The van der Waals surface area contributed by atoms with E-state index in [2.05, 4.69) is 10.3 Å². The highest BCUT2D eigenvalue weighted by atomic mass is 32.1. The van der Waals surface area contributed by atoms with Gasteiger partial charge in [0.15, 0.2) is 0 Å². The van der Waals surface area contributed by atoms with Gasteiger partial charge < -0.3 is 14.8 Å². The lowest BCUT2D eigenvalue weighted by molar-refractivity contribution is 0.0701. The van der Waals surface area contributed by atoms with Crippen LogP contribution in [-0.4, -0.2) is 22.0 Å². The molecule has 2 heterocycles. The van der Waals surface area contributed by atoms with E-state index >= 15 is 0 Å². The van der Waals surface area contributed by atoms with Gasteiger partial charge in [0.05, 0.1) is 23.6 Å². The Bertz CT molecular complexity index is 674. The van der Waals surface area contributed by atoms with Crippen molar-refractivity contribution in [2.75, 3.05) is 0 Å². The average molecular weight is 308 g/mol. The van der Waals surface area contributed by atoms with E-state index in [9.17, 15) is 9.59 Å². The third-order valence-corrected chi connectivity index (χ3v) is 4.36. The monoisotopic (exact) mass is 308 g/mol. The number of hydrogen-bond donors (Lipinski definition) is 2. The van der Waals surface area contributed by atoms with Crippen molar-refractivity contribution in [1.29, 1.82) is 0 Å². The molecule has 6 nitrogen and oxygen atoms in total. The van der Waals surface area contributed by atoms with Crippen molar-refractivity contribution < 1.29 is 19.1 Å². The lowest BCUT2D eigenvalue weighted by Crippen LogP contribution is -2.27. The standard InChI is InChI=1S/C14H16N2O4S/c1-4-10-9(5-6-20-10)12(17)15-8(3)13-16-7(2)11(21-13)14(18)19/h5-6,8H,4H2,1-3H3,(H,15,17)(H,18,19). The van der Waals surface area contributed by atoms with Gasteiger partial charge in [0.1, 0.15) is 15.6 Å². The molecule has 2 rings (SSSR count). The molecule has 0 fully saturated rings. The quantitative estimate of drug-likeness (QED) is 0.886. The van der Waals surface area contributed by atoms with Gasteiger partial charge in [-0.2, -0.15) is 0 Å². The smallest absolute Gasteiger partial charge is 0.347 e. The first-order valence-corrected chi connectivity index (χ1v) is 7.33. The molecule has 1 unspecified atom stereocenters. The number of carboxylic acid groups (broad SMARTS) is 1. The van der Waals surface area contributed by atoms with Crippen molar-refractivity contribution in [1.82, 2.24) is 10.3 Å². The Morgan fingerprint density at radius 1 is 1.52 bits per heavy atom. The van der Waals surface area contributed by atoms with Crippen molar-refractivity contribution in [3.8, 4) is 0 Å². The number of nitrogens with one attached hydrogen (secondary N) is 1. The molecule has 7 heteroatoms. The molecule has 0 aliphatic rings. The van der Waals surface area contributed by atoms with Crippen molar-refractivity contribution in [2.45, 2.75) is 33.2 Å². The van der Waals surface area contributed by atoms with Gasteiger partial charge in [0.25, 0.3) is 5.91 Å². The molecule has 0 bridgehead atoms. The molecule has 0 spiro atoms. The largest absolute Gasteiger partial charge is 0.477 e. The van der Waals surface area contributed by atoms with Crippen LogP contribution in [-0.2, 0) is 6.42 Å². The summed E-state index contributed by atoms with van der Waals surface area (Å²) in [6.07, 6.45) is 2.11. The average Bonchev–Trinajstić information content (AvgIpc) is 3.04. The topological polar surface area (TPSA) is 92.4 Å². The van der Waals surface area contributed by atoms with Gasteiger partial charge in [0, 0.05) is 6.42 Å². The highest BCUT2D eigenvalue weighted by Crippen LogP contribution is 2.24. The first-order chi connectivity index (χ1) is 9.93. The van der Waals surface area contributed by atoms with Gasteiger partial charge in [-0.25, -0.2) is 9.78 Å². The third kappa shape index (κ3) is 3.13. The number of aromatic carboxylic acids is 1. The maximum Gasteiger partial charge on any atom is 0.347 e. The molecule has 0 saturated carbocycles. The minimum atomic E-state index is -1.00. The number of nitrogens with zero attached hydrogens (tertiary/aromatic N) is 1. The number of thiazole rings is 1. The first-order valence-electron chi connectivity index (χ1n) is 6.51. The zero-order valence-electron chi connectivity index (χ0n) is 12.0. The molecule has 21 heavy (non-hydrogen) atoms. The number of rotatable bonds is 5. The molecule has 2 N–H and O–H groups in total. The molecule has 1 atom stereocenters. The van der Waals surface area contributed by atoms with E-state index in [-0.39, 0.29) is 16.8 Å². The van der Waals surface area contributed by atoms with Gasteiger partial charge in [-0.1, -0.05) is 6.92 Å². The van der Waals surface area contributed by atoms with Gasteiger partial charge in [-0.05, 0) is 19.9 Å². The van der Waals surface area contributed by atoms with Crippen LogP contribution in [0.2, 0.25) is 0 Å². The molecule has 0 aliphatic carbocycles. The second kappa shape index (κ2) is 6.09. The van der Waals surface area contributed by atoms with Crippen LogP contribution in [0.5, 0.6) is 0 Å². The normalized spacial score (nSPS) is 12.1. The predicted octanol–water partition coefficient (Wildman–Crippen LogP) is 2.80. The highest BCUT2D eigenvalue weighted by molar-refractivity contribution is 7.13. The Balaban J connectivity index is 2.14. The maximum absolute atomic E-state index is 12.2. The van der Waals surface area contributed by atoms with Crippen LogP contribution in [0.1, 0.15) is 56.4 Å². The number of carbonyl (C=O) groups is 2. The molecule has 0 radical (unpaired) electrons. The Kier molecular flexibility index (Phi) is 4.42. The Hall–Kier alpha value is -2.15. The molecular formula is C14H16N2O4S. The Labute approximate surface area is 125 Å². The van der Waals surface area contributed by atoms with Crippen molar-refractivity contribution in [2.24, 2.45) is 0 Å². The summed E-state index contributed by atoms with van der Waals surface area (Å²) in [5.41, 5.74) is 0.956. The van der Waals surface area contributed by atoms with Crippen LogP contribution in [0.25, 0.3) is 0 Å².